The van der Waals surface area contributed by atoms with E-state index in [0.29, 0.717) is 50.5 Å². The van der Waals surface area contributed by atoms with Gasteiger partial charge in [0.15, 0.2) is 57.4 Å². The van der Waals surface area contributed by atoms with Crippen LogP contribution in [0.3, 0.4) is 0 Å². The third kappa shape index (κ3) is 19.6. The van der Waals surface area contributed by atoms with E-state index in [0.717, 1.165) is 228 Å². The molecule has 3 aliphatic carbocycles. The fourth-order valence-corrected chi connectivity index (χ4v) is 18.6. The molecule has 19 aromatic rings. The largest absolute Gasteiger partial charge is 0.454 e. The van der Waals surface area contributed by atoms with Crippen LogP contribution in [0.2, 0.25) is 5.02 Å². The van der Waals surface area contributed by atoms with Gasteiger partial charge in [0, 0.05) is 150 Å². The summed E-state index contributed by atoms with van der Waals surface area (Å²) in [5, 5.41) is 9.42. The number of Topliss-reactive ketones (excluding diaryl/α,β-unsaturated/α-hetero) is 3. The average Bonchev–Trinajstić information content (AvgIpc) is 1.68. The molecule has 0 atom stereocenters. The molecule has 704 valence electrons. The number of hydrogen-bond acceptors (Lipinski definition) is 24. The summed E-state index contributed by atoms with van der Waals surface area (Å²) >= 11 is 5.98. The molecule has 3 aliphatic heterocycles. The number of aromatic amines is 3. The number of aryl methyl sites for hydroxylation is 4. The molecule has 16 heterocycles. The summed E-state index contributed by atoms with van der Waals surface area (Å²) in [4.78, 5) is 115. The number of H-pyrrole nitrogens is 3. The first kappa shape index (κ1) is 93.6. The lowest BCUT2D eigenvalue weighted by Crippen LogP contribution is -2.47. The maximum Gasteiger partial charge on any atom is 0.231 e. The molecule has 25 rings (SSSR count). The van der Waals surface area contributed by atoms with Crippen molar-refractivity contribution in [3.63, 3.8) is 0 Å². The Balaban J connectivity index is 0.000000112. The Bertz CT molecular complexity index is 7960. The summed E-state index contributed by atoms with van der Waals surface area (Å²) in [7, 11) is 0. The van der Waals surface area contributed by atoms with E-state index in [1.165, 1.54) is 30.1 Å². The number of anilines is 2. The third-order valence-corrected chi connectivity index (χ3v) is 26.2. The van der Waals surface area contributed by atoms with Crippen molar-refractivity contribution in [2.45, 2.75) is 131 Å². The average molecular weight is 1910 g/mol. The van der Waals surface area contributed by atoms with Crippen molar-refractivity contribution in [3.05, 3.63) is 312 Å². The molecule has 0 saturated heterocycles. The van der Waals surface area contributed by atoms with Gasteiger partial charge in [-0.05, 0) is 250 Å². The molecule has 6 aromatic carbocycles. The monoisotopic (exact) mass is 1910 g/mol. The number of halogens is 3. The predicted molar refractivity (Wildman–Crippen MR) is 543 cm³/mol. The Hall–Kier alpha value is -16.4. The molecule has 2 bridgehead atoms. The Kier molecular flexibility index (Phi) is 26.3. The van der Waals surface area contributed by atoms with Crippen molar-refractivity contribution < 1.29 is 37.7 Å². The smallest absolute Gasteiger partial charge is 0.231 e. The summed E-state index contributed by atoms with van der Waals surface area (Å²) in [6.45, 7) is 18.8. The molecule has 0 radical (unpaired) electrons. The number of imidazole rings is 3. The standard InChI is InChI=1S/C26H27N3O3.C23H20N4O.C23H17N3O3.C21H21N5.C17H10ClFN6.ClH/c1-16-4-3-5-19(27-16)23-22(18-6-7-20-21(14-18)32-15-31-20)28-24(29-23)26-11-8-25(9-12-26,10-13-26)17(2)30;1-14-5-3-6-20(25-14)23-22(21-7-4-12-27(21)26-23)17-10-11-24-19-9-8-16(15(2)28)13-18(17)19;1-14(27)15-5-7-16(8-6-15)23-25-21(22(26-23)18-4-2-3-11-24-18)17-9-10-19-20(12-17)29-13-28-19;1-13-6-5-7-16(24-13)19-18(25-20(26-19)21(2,3)4)14-8-9-15-17(12-14)23-11-10-22-15;18-10-1-2-13(19)12(9-10)15-24-16-14(21-7-8-22-16)17(25-15)23-11-3-5-20-6-4-11;/h3-7,14H,8-13,15H2,1-2H3,(H,28,29);3,5-6,8-11,13H,4,7,12H2,1-2H3;2-12H,13H2,1H3,(H,25,26);5-12H,1-4H3,(H,25,26);1-9H,(H,20,22,23,24,25);1H. The molecule has 31 heteroatoms. The van der Waals surface area contributed by atoms with Gasteiger partial charge in [-0.3, -0.25) is 58.9 Å². The van der Waals surface area contributed by atoms with Gasteiger partial charge >= 0.3 is 0 Å². The number of ether oxygens (including phenoxy) is 4. The Morgan fingerprint density at radius 3 is 1.70 bits per heavy atom. The highest BCUT2D eigenvalue weighted by atomic mass is 35.5. The summed E-state index contributed by atoms with van der Waals surface area (Å²) in [6, 6.07) is 64.6. The molecule has 6 aliphatic rings. The van der Waals surface area contributed by atoms with Gasteiger partial charge in [0.05, 0.1) is 79.1 Å². The number of pyridine rings is 6. The van der Waals surface area contributed by atoms with Gasteiger partial charge in [-0.2, -0.15) is 5.10 Å². The minimum atomic E-state index is -0.470. The number of rotatable bonds is 16. The van der Waals surface area contributed by atoms with E-state index < -0.39 is 5.82 Å². The maximum absolute atomic E-state index is 14.2. The van der Waals surface area contributed by atoms with Crippen LogP contribution in [0.15, 0.2) is 256 Å². The Labute approximate surface area is 821 Å². The van der Waals surface area contributed by atoms with Gasteiger partial charge in [0.1, 0.15) is 34.8 Å². The third-order valence-electron chi connectivity index (χ3n) is 26.0. The second-order valence-corrected chi connectivity index (χ2v) is 36.7. The van der Waals surface area contributed by atoms with E-state index in [2.05, 4.69) is 95.6 Å². The zero-order chi connectivity index (χ0) is 96.5. The molecule has 3 fully saturated rings. The van der Waals surface area contributed by atoms with Crippen LogP contribution in [0, 0.1) is 32.0 Å². The van der Waals surface area contributed by atoms with Gasteiger partial charge in [-0.25, -0.2) is 39.3 Å². The molecule has 0 amide bonds. The van der Waals surface area contributed by atoms with Crippen molar-refractivity contribution in [2.24, 2.45) is 5.41 Å². The molecule has 0 spiro atoms. The van der Waals surface area contributed by atoms with Crippen LogP contribution < -0.4 is 24.3 Å². The molecule has 4 N–H and O–H groups in total. The molecule has 3 saturated carbocycles. The topological polar surface area (TPSA) is 359 Å². The van der Waals surface area contributed by atoms with Gasteiger partial charge in [-0.1, -0.05) is 87.0 Å². The Morgan fingerprint density at radius 1 is 0.468 bits per heavy atom. The van der Waals surface area contributed by atoms with E-state index >= 15 is 0 Å². The number of ketones is 3. The second kappa shape index (κ2) is 39.6. The van der Waals surface area contributed by atoms with Gasteiger partial charge in [-0.15, -0.1) is 12.4 Å². The first-order valence-electron chi connectivity index (χ1n) is 46.2. The van der Waals surface area contributed by atoms with Crippen LogP contribution in [-0.2, 0) is 28.6 Å². The van der Waals surface area contributed by atoms with E-state index in [4.69, 9.17) is 60.6 Å². The highest BCUT2D eigenvalue weighted by Crippen LogP contribution is 2.58. The van der Waals surface area contributed by atoms with Gasteiger partial charge in [0.25, 0.3) is 0 Å². The van der Waals surface area contributed by atoms with Crippen molar-refractivity contribution in [3.8, 4) is 136 Å². The zero-order valence-electron chi connectivity index (χ0n) is 78.7. The number of nitrogens with one attached hydrogen (secondary N) is 4. The Morgan fingerprint density at radius 2 is 1.04 bits per heavy atom. The van der Waals surface area contributed by atoms with Gasteiger partial charge in [0.2, 0.25) is 13.6 Å². The second-order valence-electron chi connectivity index (χ2n) is 36.3. The predicted octanol–water partition coefficient (Wildman–Crippen LogP) is 23.8. The number of aromatic nitrogens is 20. The maximum atomic E-state index is 14.2. The minimum absolute atomic E-state index is 0. The van der Waals surface area contributed by atoms with Crippen LogP contribution in [-0.4, -0.2) is 130 Å². The number of hydrogen-bond donors (Lipinski definition) is 4. The number of fused-ring (bicyclic) bond motifs is 9. The summed E-state index contributed by atoms with van der Waals surface area (Å²) in [5.41, 5.74) is 25.2. The van der Waals surface area contributed by atoms with Crippen LogP contribution in [0.4, 0.5) is 15.9 Å². The van der Waals surface area contributed by atoms with E-state index in [9.17, 15) is 18.8 Å². The van der Waals surface area contributed by atoms with Crippen LogP contribution in [0.5, 0.6) is 23.0 Å². The lowest BCUT2D eigenvalue weighted by atomic mass is 9.52. The van der Waals surface area contributed by atoms with Crippen LogP contribution in [0.25, 0.3) is 146 Å². The number of benzene rings is 6. The first-order valence-corrected chi connectivity index (χ1v) is 46.6. The number of nitrogens with zero attached hydrogens (tertiary/aromatic N) is 17. The van der Waals surface area contributed by atoms with Gasteiger partial charge < -0.3 is 39.2 Å². The summed E-state index contributed by atoms with van der Waals surface area (Å²) < 4.78 is 38.4. The lowest BCUT2D eigenvalue weighted by molar-refractivity contribution is -0.133. The van der Waals surface area contributed by atoms with Crippen LogP contribution >= 0.6 is 24.0 Å². The van der Waals surface area contributed by atoms with Crippen molar-refractivity contribution in [1.82, 2.24) is 99.5 Å². The molecule has 28 nitrogen and oxygen atoms in total. The quantitative estimate of drug-likeness (QED) is 0.0653. The number of carbonyl (C=O) groups is 3. The van der Waals surface area contributed by atoms with E-state index in [1.807, 2.05) is 191 Å². The van der Waals surface area contributed by atoms with E-state index in [-0.39, 0.29) is 65.2 Å². The molecular formula is C110H96Cl2FN21O7. The number of carbonyl (C=O) groups excluding carboxylic acids is 3. The fourth-order valence-electron chi connectivity index (χ4n) is 18.4. The summed E-state index contributed by atoms with van der Waals surface area (Å²) in [6.07, 6.45) is 21.3. The highest BCUT2D eigenvalue weighted by Gasteiger charge is 2.53. The van der Waals surface area contributed by atoms with Crippen molar-refractivity contribution in [2.75, 3.05) is 18.9 Å². The fraction of sp³-hybridized carbons (Fsp3) is 0.209. The van der Waals surface area contributed by atoms with Crippen molar-refractivity contribution in [1.29, 1.82) is 0 Å². The molecule has 141 heavy (non-hydrogen) atoms. The molecule has 13 aromatic heterocycles. The van der Waals surface area contributed by atoms with Crippen molar-refractivity contribution >= 4 is 86.0 Å². The van der Waals surface area contributed by atoms with E-state index in [1.54, 1.807) is 82.2 Å². The van der Waals surface area contributed by atoms with Crippen LogP contribution in [0.1, 0.15) is 142 Å². The first-order chi connectivity index (χ1) is 67.9. The normalized spacial score (nSPS) is 15.1. The summed E-state index contributed by atoms with van der Waals surface area (Å²) in [5.74, 6) is 6.16. The SMILES string of the molecule is CC(=O)C12CCC(c3nc(-c4ccc5c(c4)OCO5)c(-c4cccc(C)n4)[nH]3)(CC1)CC2.CC(=O)c1ccc(-c2nc(-c3ccc4c(c3)OCO4)c(-c3ccccn3)[nH]2)cc1.CC(=O)c1ccc2nccc(-c3c(-c4cccc(C)n4)nn4c3CCC4)c2c1.Cc1cccc(-c2[nH]c(C(C)(C)C)nc2-c2ccc3nccnc3c2)n1.Cl.Fc1ccc(Cl)cc1-c1nc(Nc2ccncc2)c2nccnc2n1. The lowest BCUT2D eigenvalue weighted by Gasteiger charge is -2.51. The highest BCUT2D eigenvalue weighted by molar-refractivity contribution is 6.30. The molecule has 0 unspecified atom stereocenters. The minimum Gasteiger partial charge on any atom is -0.454 e. The molecular weight excluding hydrogens is 1820 g/mol. The zero-order valence-corrected chi connectivity index (χ0v) is 80.2.